The molecule has 13 heavy (non-hydrogen) atoms. The summed E-state index contributed by atoms with van der Waals surface area (Å²) in [5.41, 5.74) is 0.369. The van der Waals surface area contributed by atoms with E-state index in [1.54, 1.807) is 6.92 Å². The summed E-state index contributed by atoms with van der Waals surface area (Å²) in [4.78, 5) is 12.9. The molecule has 1 amide bonds. The molecule has 76 valence electrons. The molecule has 2 nitrogen and oxygen atoms in total. The molecule has 0 aromatic carbocycles. The number of carbonyl (C=O) groups excluding carboxylic acids is 1. The average Bonchev–Trinajstić information content (AvgIpc) is 1.80. The van der Waals surface area contributed by atoms with Crippen LogP contribution in [0.1, 0.15) is 34.6 Å². The molecule has 1 saturated heterocycles. The van der Waals surface area contributed by atoms with Crippen LogP contribution in [-0.2, 0) is 4.79 Å². The fraction of sp³-hybridized carbons (Fsp3) is 0.909. The molecule has 0 N–H and O–H groups in total. The summed E-state index contributed by atoms with van der Waals surface area (Å²) >= 11 is 0. The van der Waals surface area contributed by atoms with E-state index in [1.165, 1.54) is 0 Å². The Kier molecular flexibility index (Phi) is 2.69. The Morgan fingerprint density at radius 1 is 1.38 bits per heavy atom. The Bertz CT molecular complexity index is 199. The molecule has 0 unspecified atom stereocenters. The fourth-order valence-corrected chi connectivity index (χ4v) is 1.79. The second kappa shape index (κ2) is 3.32. The third kappa shape index (κ3) is 2.23. The molecule has 1 aliphatic heterocycles. The van der Waals surface area contributed by atoms with Crippen molar-refractivity contribution in [3.8, 4) is 0 Å². The lowest BCUT2D eigenvalue weighted by Crippen LogP contribution is -2.53. The second-order valence-corrected chi connectivity index (χ2v) is 5.34. The summed E-state index contributed by atoms with van der Waals surface area (Å²) in [6.45, 7) is 12.7. The number of hydrogen-bond acceptors (Lipinski definition) is 1. The quantitative estimate of drug-likeness (QED) is 0.610. The molecule has 0 radical (unpaired) electrons. The van der Waals surface area contributed by atoms with Crippen LogP contribution in [0.15, 0.2) is 0 Å². The van der Waals surface area contributed by atoms with Gasteiger partial charge in [0.1, 0.15) is 0 Å². The van der Waals surface area contributed by atoms with Crippen LogP contribution in [0.2, 0.25) is 0 Å². The Labute approximate surface area is 81.3 Å². The van der Waals surface area contributed by atoms with Gasteiger partial charge in [-0.2, -0.15) is 0 Å². The van der Waals surface area contributed by atoms with Crippen molar-refractivity contribution in [3.63, 3.8) is 0 Å². The topological polar surface area (TPSA) is 20.3 Å². The van der Waals surface area contributed by atoms with Crippen LogP contribution in [0.25, 0.3) is 0 Å². The molecule has 0 aromatic rings. The minimum absolute atomic E-state index is 0.220. The molecule has 2 heteroatoms. The molecule has 0 aromatic heterocycles. The average molecular weight is 183 g/mol. The molecule has 1 fully saturated rings. The van der Waals surface area contributed by atoms with Crippen molar-refractivity contribution in [3.05, 3.63) is 0 Å². The normalized spacial score (nSPS) is 21.2. The zero-order chi connectivity index (χ0) is 10.2. The molecular weight excluding hydrogens is 162 g/mol. The van der Waals surface area contributed by atoms with E-state index in [0.29, 0.717) is 17.3 Å². The van der Waals surface area contributed by atoms with Gasteiger partial charge in [-0.15, -0.1) is 0 Å². The molecule has 1 aliphatic rings. The van der Waals surface area contributed by atoms with E-state index < -0.39 is 0 Å². The zero-order valence-corrected chi connectivity index (χ0v) is 9.42. The van der Waals surface area contributed by atoms with Gasteiger partial charge in [0.15, 0.2) is 0 Å². The standard InChI is InChI=1S/C11H21NO/c1-8(11(3,4)5)10-6-12(7-10)9(2)13/h8,10H,6-7H2,1-5H3/t8-/m0/s1. The van der Waals surface area contributed by atoms with Gasteiger partial charge in [0.05, 0.1) is 0 Å². The van der Waals surface area contributed by atoms with E-state index in [4.69, 9.17) is 0 Å². The van der Waals surface area contributed by atoms with Crippen LogP contribution in [-0.4, -0.2) is 23.9 Å². The summed E-state index contributed by atoms with van der Waals surface area (Å²) in [5.74, 6) is 1.63. The van der Waals surface area contributed by atoms with Crippen molar-refractivity contribution in [2.24, 2.45) is 17.3 Å². The number of likely N-dealkylation sites (tertiary alicyclic amines) is 1. The lowest BCUT2D eigenvalue weighted by atomic mass is 9.71. The van der Waals surface area contributed by atoms with Crippen molar-refractivity contribution in [1.82, 2.24) is 4.90 Å². The van der Waals surface area contributed by atoms with Gasteiger partial charge in [0, 0.05) is 20.0 Å². The second-order valence-electron chi connectivity index (χ2n) is 5.34. The van der Waals surface area contributed by atoms with Gasteiger partial charge in [-0.3, -0.25) is 4.79 Å². The van der Waals surface area contributed by atoms with E-state index in [-0.39, 0.29) is 5.91 Å². The minimum Gasteiger partial charge on any atom is -0.342 e. The maximum Gasteiger partial charge on any atom is 0.219 e. The smallest absolute Gasteiger partial charge is 0.219 e. The maximum atomic E-state index is 11.0. The Hall–Kier alpha value is -0.530. The van der Waals surface area contributed by atoms with E-state index in [9.17, 15) is 4.79 Å². The van der Waals surface area contributed by atoms with Crippen LogP contribution >= 0.6 is 0 Å². The van der Waals surface area contributed by atoms with Crippen LogP contribution in [0.3, 0.4) is 0 Å². The first-order valence-electron chi connectivity index (χ1n) is 5.08. The molecular formula is C11H21NO. The highest BCUT2D eigenvalue weighted by molar-refractivity contribution is 5.74. The van der Waals surface area contributed by atoms with Crippen molar-refractivity contribution in [1.29, 1.82) is 0 Å². The summed E-state index contributed by atoms with van der Waals surface area (Å²) < 4.78 is 0. The Morgan fingerprint density at radius 2 is 1.85 bits per heavy atom. The lowest BCUT2D eigenvalue weighted by Gasteiger charge is -2.46. The van der Waals surface area contributed by atoms with Crippen LogP contribution in [0.5, 0.6) is 0 Å². The van der Waals surface area contributed by atoms with Crippen molar-refractivity contribution >= 4 is 5.91 Å². The number of rotatable bonds is 1. The van der Waals surface area contributed by atoms with Gasteiger partial charge >= 0.3 is 0 Å². The summed E-state index contributed by atoms with van der Waals surface area (Å²) in [6.07, 6.45) is 0. The predicted molar refractivity (Wildman–Crippen MR) is 54.4 cm³/mol. The Balaban J connectivity index is 2.39. The van der Waals surface area contributed by atoms with Crippen LogP contribution in [0, 0.1) is 17.3 Å². The highest BCUT2D eigenvalue weighted by Crippen LogP contribution is 2.36. The van der Waals surface area contributed by atoms with Crippen LogP contribution < -0.4 is 0 Å². The minimum atomic E-state index is 0.220. The summed E-state index contributed by atoms with van der Waals surface area (Å²) in [5, 5.41) is 0. The zero-order valence-electron chi connectivity index (χ0n) is 9.42. The number of carbonyl (C=O) groups is 1. The van der Waals surface area contributed by atoms with Gasteiger partial charge in [-0.1, -0.05) is 27.7 Å². The van der Waals surface area contributed by atoms with Crippen molar-refractivity contribution < 1.29 is 4.79 Å². The molecule has 0 bridgehead atoms. The SMILES string of the molecule is CC(=O)N1CC([C@H](C)C(C)(C)C)C1. The van der Waals surface area contributed by atoms with E-state index >= 15 is 0 Å². The summed E-state index contributed by atoms with van der Waals surface area (Å²) in [7, 11) is 0. The van der Waals surface area contributed by atoms with Crippen molar-refractivity contribution in [2.75, 3.05) is 13.1 Å². The molecule has 0 spiro atoms. The molecule has 1 rings (SSSR count). The van der Waals surface area contributed by atoms with E-state index in [0.717, 1.165) is 13.1 Å². The van der Waals surface area contributed by atoms with E-state index in [1.807, 2.05) is 4.90 Å². The highest BCUT2D eigenvalue weighted by Gasteiger charge is 2.37. The van der Waals surface area contributed by atoms with Crippen LogP contribution in [0.4, 0.5) is 0 Å². The maximum absolute atomic E-state index is 11.0. The third-order valence-corrected chi connectivity index (χ3v) is 3.43. The highest BCUT2D eigenvalue weighted by atomic mass is 16.2. The predicted octanol–water partition coefficient (Wildman–Crippen LogP) is 2.15. The number of nitrogens with zero attached hydrogens (tertiary/aromatic N) is 1. The third-order valence-electron chi connectivity index (χ3n) is 3.43. The monoisotopic (exact) mass is 183 g/mol. The van der Waals surface area contributed by atoms with Gasteiger partial charge in [0.2, 0.25) is 5.91 Å². The number of amides is 1. The van der Waals surface area contributed by atoms with E-state index in [2.05, 4.69) is 27.7 Å². The molecule has 1 atom stereocenters. The van der Waals surface area contributed by atoms with Crippen molar-refractivity contribution in [2.45, 2.75) is 34.6 Å². The van der Waals surface area contributed by atoms with Gasteiger partial charge < -0.3 is 4.90 Å². The fourth-order valence-electron chi connectivity index (χ4n) is 1.79. The lowest BCUT2D eigenvalue weighted by molar-refractivity contribution is -0.137. The first kappa shape index (κ1) is 10.6. The summed E-state index contributed by atoms with van der Waals surface area (Å²) in [6, 6.07) is 0. The number of hydrogen-bond donors (Lipinski definition) is 0. The van der Waals surface area contributed by atoms with Gasteiger partial charge in [-0.25, -0.2) is 0 Å². The first-order valence-corrected chi connectivity index (χ1v) is 5.08. The molecule has 1 heterocycles. The van der Waals surface area contributed by atoms with Gasteiger partial charge in [0.25, 0.3) is 0 Å². The Morgan fingerprint density at radius 3 is 2.15 bits per heavy atom. The largest absolute Gasteiger partial charge is 0.342 e. The first-order chi connectivity index (χ1) is 5.82. The van der Waals surface area contributed by atoms with Gasteiger partial charge in [-0.05, 0) is 17.3 Å². The molecule has 0 saturated carbocycles. The molecule has 0 aliphatic carbocycles.